The lowest BCUT2D eigenvalue weighted by Crippen LogP contribution is -2.14. The van der Waals surface area contributed by atoms with E-state index in [0.29, 0.717) is 16.8 Å². The molecule has 0 atom stereocenters. The number of hydrogen-bond donors (Lipinski definition) is 0. The number of non-ortho nitro benzene ring substituents is 1. The fourth-order valence-electron chi connectivity index (χ4n) is 3.51. The number of benzene rings is 3. The number of para-hydroxylation sites is 1. The Balaban J connectivity index is 2.04. The molecule has 0 fully saturated rings. The molecule has 0 bridgehead atoms. The Bertz CT molecular complexity index is 1340. The molecule has 0 aliphatic rings. The van der Waals surface area contributed by atoms with Crippen LogP contribution in [0, 0.1) is 24.0 Å². The summed E-state index contributed by atoms with van der Waals surface area (Å²) in [5.74, 6) is 0. The second-order valence-electron chi connectivity index (χ2n) is 6.88. The highest BCUT2D eigenvalue weighted by atomic mass is 32.2. The van der Waals surface area contributed by atoms with Gasteiger partial charge < -0.3 is 0 Å². The SMILES string of the molecule is Cc1ccc(S(=O)(=O)n2c(-c3ccc([N+](=O)[O-])cc3)c(C)c3ccccc32)cc1. The van der Waals surface area contributed by atoms with E-state index in [1.807, 2.05) is 26.0 Å². The van der Waals surface area contributed by atoms with Gasteiger partial charge in [-0.1, -0.05) is 35.9 Å². The van der Waals surface area contributed by atoms with Crippen LogP contribution in [0.4, 0.5) is 5.69 Å². The first-order chi connectivity index (χ1) is 13.8. The fraction of sp³-hybridized carbons (Fsp3) is 0.0909. The van der Waals surface area contributed by atoms with Crippen molar-refractivity contribution in [2.24, 2.45) is 0 Å². The quantitative estimate of drug-likeness (QED) is 0.350. The molecular formula is C22H18N2O4S. The zero-order valence-electron chi connectivity index (χ0n) is 15.9. The van der Waals surface area contributed by atoms with E-state index >= 15 is 0 Å². The van der Waals surface area contributed by atoms with E-state index in [1.165, 1.54) is 16.1 Å². The van der Waals surface area contributed by atoms with E-state index in [1.54, 1.807) is 48.5 Å². The molecule has 29 heavy (non-hydrogen) atoms. The van der Waals surface area contributed by atoms with Crippen molar-refractivity contribution >= 4 is 26.6 Å². The van der Waals surface area contributed by atoms with E-state index in [4.69, 9.17) is 0 Å². The fourth-order valence-corrected chi connectivity index (χ4v) is 5.10. The third kappa shape index (κ3) is 3.09. The Morgan fingerprint density at radius 1 is 0.862 bits per heavy atom. The van der Waals surface area contributed by atoms with Gasteiger partial charge in [0.1, 0.15) is 0 Å². The molecule has 6 nitrogen and oxygen atoms in total. The Morgan fingerprint density at radius 3 is 2.10 bits per heavy atom. The lowest BCUT2D eigenvalue weighted by molar-refractivity contribution is -0.384. The summed E-state index contributed by atoms with van der Waals surface area (Å²) in [5.41, 5.74) is 3.38. The lowest BCUT2D eigenvalue weighted by Gasteiger charge is -2.13. The average Bonchev–Trinajstić information content (AvgIpc) is 3.02. The van der Waals surface area contributed by atoms with Crippen molar-refractivity contribution < 1.29 is 13.3 Å². The van der Waals surface area contributed by atoms with Gasteiger partial charge in [0.25, 0.3) is 15.7 Å². The van der Waals surface area contributed by atoms with E-state index in [9.17, 15) is 18.5 Å². The van der Waals surface area contributed by atoms with Crippen LogP contribution >= 0.6 is 0 Å². The summed E-state index contributed by atoms with van der Waals surface area (Å²) in [6.45, 7) is 3.76. The van der Waals surface area contributed by atoms with Crippen LogP contribution in [0.5, 0.6) is 0 Å². The van der Waals surface area contributed by atoms with Crippen molar-refractivity contribution in [2.75, 3.05) is 0 Å². The maximum absolute atomic E-state index is 13.6. The summed E-state index contributed by atoms with van der Waals surface area (Å²) in [6.07, 6.45) is 0. The van der Waals surface area contributed by atoms with E-state index in [-0.39, 0.29) is 10.6 Å². The predicted molar refractivity (Wildman–Crippen MR) is 113 cm³/mol. The lowest BCUT2D eigenvalue weighted by atomic mass is 10.1. The van der Waals surface area contributed by atoms with Crippen molar-refractivity contribution in [3.8, 4) is 11.3 Å². The topological polar surface area (TPSA) is 82.2 Å². The molecule has 1 heterocycles. The molecule has 4 aromatic rings. The van der Waals surface area contributed by atoms with Gasteiger partial charge in [-0.25, -0.2) is 12.4 Å². The van der Waals surface area contributed by atoms with Gasteiger partial charge in [0.15, 0.2) is 0 Å². The van der Waals surface area contributed by atoms with Gasteiger partial charge in [-0.15, -0.1) is 0 Å². The van der Waals surface area contributed by atoms with Gasteiger partial charge in [-0.3, -0.25) is 10.1 Å². The van der Waals surface area contributed by atoms with Crippen LogP contribution in [0.3, 0.4) is 0 Å². The Morgan fingerprint density at radius 2 is 1.48 bits per heavy atom. The average molecular weight is 406 g/mol. The van der Waals surface area contributed by atoms with Crippen molar-refractivity contribution in [1.29, 1.82) is 0 Å². The Kier molecular flexibility index (Phi) is 4.47. The molecule has 0 aliphatic heterocycles. The third-order valence-electron chi connectivity index (χ3n) is 5.00. The number of rotatable bonds is 4. The highest BCUT2D eigenvalue weighted by molar-refractivity contribution is 7.90. The molecule has 0 saturated heterocycles. The molecule has 3 aromatic carbocycles. The number of fused-ring (bicyclic) bond motifs is 1. The molecule has 4 rings (SSSR count). The molecule has 0 radical (unpaired) electrons. The zero-order valence-corrected chi connectivity index (χ0v) is 16.7. The summed E-state index contributed by atoms with van der Waals surface area (Å²) in [4.78, 5) is 10.7. The van der Waals surface area contributed by atoms with Gasteiger partial charge in [-0.2, -0.15) is 0 Å². The van der Waals surface area contributed by atoms with Crippen LogP contribution in [0.25, 0.3) is 22.2 Å². The predicted octanol–water partition coefficient (Wildman–Crippen LogP) is 5.07. The molecule has 1 aromatic heterocycles. The second-order valence-corrected chi connectivity index (χ2v) is 8.66. The Labute approximate surface area is 168 Å². The minimum absolute atomic E-state index is 0.0459. The smallest absolute Gasteiger partial charge is 0.258 e. The molecule has 0 amide bonds. The summed E-state index contributed by atoms with van der Waals surface area (Å²) in [5, 5.41) is 11.8. The number of nitrogens with zero attached hydrogens (tertiary/aromatic N) is 2. The first-order valence-electron chi connectivity index (χ1n) is 8.98. The molecular weight excluding hydrogens is 388 g/mol. The van der Waals surface area contributed by atoms with Crippen molar-refractivity contribution in [1.82, 2.24) is 3.97 Å². The van der Waals surface area contributed by atoms with Crippen LogP contribution < -0.4 is 0 Å². The van der Waals surface area contributed by atoms with Crippen LogP contribution in [-0.2, 0) is 10.0 Å². The molecule has 0 unspecified atom stereocenters. The first kappa shape index (κ1) is 18.9. The standard InChI is InChI=1S/C22H18N2O4S/c1-15-7-13-19(14-8-15)29(27,28)23-21-6-4-3-5-20(21)16(2)22(23)17-9-11-18(12-10-17)24(25)26/h3-14H,1-2H3. The molecule has 0 N–H and O–H groups in total. The first-order valence-corrected chi connectivity index (χ1v) is 10.4. The number of nitro benzene ring substituents is 1. The van der Waals surface area contributed by atoms with E-state index in [0.717, 1.165) is 16.5 Å². The van der Waals surface area contributed by atoms with E-state index in [2.05, 4.69) is 0 Å². The van der Waals surface area contributed by atoms with Gasteiger partial charge in [0.2, 0.25) is 0 Å². The highest BCUT2D eigenvalue weighted by Crippen LogP contribution is 2.36. The summed E-state index contributed by atoms with van der Waals surface area (Å²) in [6, 6.07) is 19.9. The minimum atomic E-state index is -3.88. The van der Waals surface area contributed by atoms with Gasteiger partial charge in [-0.05, 0) is 49.7 Å². The summed E-state index contributed by atoms with van der Waals surface area (Å²) >= 11 is 0. The van der Waals surface area contributed by atoms with Gasteiger partial charge in [0, 0.05) is 23.1 Å². The van der Waals surface area contributed by atoms with Crippen molar-refractivity contribution in [2.45, 2.75) is 18.7 Å². The number of hydrogen-bond acceptors (Lipinski definition) is 4. The minimum Gasteiger partial charge on any atom is -0.258 e. The van der Waals surface area contributed by atoms with Gasteiger partial charge in [0.05, 0.1) is 21.0 Å². The highest BCUT2D eigenvalue weighted by Gasteiger charge is 2.26. The molecule has 0 spiro atoms. The van der Waals surface area contributed by atoms with Crippen molar-refractivity contribution in [3.63, 3.8) is 0 Å². The third-order valence-corrected chi connectivity index (χ3v) is 6.72. The normalized spacial score (nSPS) is 11.7. The monoisotopic (exact) mass is 406 g/mol. The summed E-state index contributed by atoms with van der Waals surface area (Å²) in [7, 11) is -3.88. The maximum Gasteiger partial charge on any atom is 0.269 e. The number of nitro groups is 1. The largest absolute Gasteiger partial charge is 0.269 e. The van der Waals surface area contributed by atoms with Crippen LogP contribution in [0.15, 0.2) is 77.7 Å². The summed E-state index contributed by atoms with van der Waals surface area (Å²) < 4.78 is 28.5. The molecule has 146 valence electrons. The molecule has 0 aliphatic carbocycles. The zero-order chi connectivity index (χ0) is 20.8. The Hall–Kier alpha value is -3.45. The molecule has 7 heteroatoms. The van der Waals surface area contributed by atoms with Crippen LogP contribution in [-0.4, -0.2) is 17.3 Å². The van der Waals surface area contributed by atoms with Crippen LogP contribution in [0.1, 0.15) is 11.1 Å². The molecule has 0 saturated carbocycles. The van der Waals surface area contributed by atoms with Crippen LogP contribution in [0.2, 0.25) is 0 Å². The second kappa shape index (κ2) is 6.86. The van der Waals surface area contributed by atoms with E-state index < -0.39 is 14.9 Å². The van der Waals surface area contributed by atoms with Crippen molar-refractivity contribution in [3.05, 3.63) is 94.0 Å². The van der Waals surface area contributed by atoms with Gasteiger partial charge >= 0.3 is 0 Å². The number of aryl methyl sites for hydroxylation is 2. The number of aromatic nitrogens is 1. The maximum atomic E-state index is 13.6.